The van der Waals surface area contributed by atoms with Crippen LogP contribution in [-0.4, -0.2) is 16.1 Å². The summed E-state index contributed by atoms with van der Waals surface area (Å²) in [6.45, 7) is 1.95. The normalized spacial score (nSPS) is 17.0. The van der Waals surface area contributed by atoms with Gasteiger partial charge in [0.1, 0.15) is 0 Å². The van der Waals surface area contributed by atoms with E-state index in [-0.39, 0.29) is 17.5 Å². The van der Waals surface area contributed by atoms with Crippen LogP contribution in [-0.2, 0) is 7.05 Å². The molecule has 0 bridgehead atoms. The summed E-state index contributed by atoms with van der Waals surface area (Å²) in [6.07, 6.45) is 0.0491. The molecule has 0 saturated carbocycles. The van der Waals surface area contributed by atoms with Gasteiger partial charge in [-0.25, -0.2) is 0 Å². The molecule has 1 atom stereocenters. The van der Waals surface area contributed by atoms with Crippen LogP contribution in [0.25, 0.3) is 0 Å². The van der Waals surface area contributed by atoms with E-state index in [2.05, 4.69) is 19.9 Å². The van der Waals surface area contributed by atoms with Crippen LogP contribution in [0.5, 0.6) is 11.5 Å². The SMILES string of the molecule is CC(Nc1ccc2c(c1)OC(F)(F)O2)c1cnn(C)c1. The minimum absolute atomic E-state index is 0.00965. The highest BCUT2D eigenvalue weighted by Crippen LogP contribution is 2.42. The van der Waals surface area contributed by atoms with Gasteiger partial charge in [0.25, 0.3) is 0 Å². The van der Waals surface area contributed by atoms with Crippen molar-refractivity contribution in [2.75, 3.05) is 5.32 Å². The number of halogens is 2. The van der Waals surface area contributed by atoms with E-state index in [1.165, 1.54) is 12.1 Å². The highest BCUT2D eigenvalue weighted by atomic mass is 19.3. The third kappa shape index (κ3) is 2.38. The number of aromatic nitrogens is 2. The highest BCUT2D eigenvalue weighted by molar-refractivity contribution is 5.56. The van der Waals surface area contributed by atoms with Crippen LogP contribution >= 0.6 is 0 Å². The molecule has 2 aromatic rings. The van der Waals surface area contributed by atoms with Gasteiger partial charge in [0, 0.05) is 30.6 Å². The lowest BCUT2D eigenvalue weighted by molar-refractivity contribution is -0.286. The van der Waals surface area contributed by atoms with E-state index in [1.807, 2.05) is 20.2 Å². The van der Waals surface area contributed by atoms with E-state index in [0.717, 1.165) is 5.56 Å². The summed E-state index contributed by atoms with van der Waals surface area (Å²) in [4.78, 5) is 0. The summed E-state index contributed by atoms with van der Waals surface area (Å²) in [5.41, 5.74) is 1.66. The molecule has 3 rings (SSSR count). The van der Waals surface area contributed by atoms with Gasteiger partial charge in [0.2, 0.25) is 0 Å². The largest absolute Gasteiger partial charge is 0.586 e. The van der Waals surface area contributed by atoms with Crippen LogP contribution in [0.15, 0.2) is 30.6 Å². The second-order valence-electron chi connectivity index (χ2n) is 4.64. The molecule has 2 heterocycles. The first-order valence-corrected chi connectivity index (χ1v) is 6.08. The van der Waals surface area contributed by atoms with E-state index in [4.69, 9.17) is 0 Å². The Morgan fingerprint density at radius 2 is 2.05 bits per heavy atom. The number of nitrogens with zero attached hydrogens (tertiary/aromatic N) is 2. The van der Waals surface area contributed by atoms with Crippen LogP contribution in [0, 0.1) is 0 Å². The van der Waals surface area contributed by atoms with Crippen LogP contribution in [0.3, 0.4) is 0 Å². The first kappa shape index (κ1) is 12.7. The summed E-state index contributed by atoms with van der Waals surface area (Å²) < 4.78 is 36.3. The van der Waals surface area contributed by atoms with E-state index in [1.54, 1.807) is 16.9 Å². The standard InChI is InChI=1S/C13H13F2N3O2/c1-8(9-6-16-18(2)7-9)17-10-3-4-11-12(5-10)20-13(14,15)19-11/h3-8,17H,1-2H3. The summed E-state index contributed by atoms with van der Waals surface area (Å²) in [5, 5.41) is 7.28. The van der Waals surface area contributed by atoms with Gasteiger partial charge >= 0.3 is 6.29 Å². The van der Waals surface area contributed by atoms with E-state index < -0.39 is 6.29 Å². The van der Waals surface area contributed by atoms with Gasteiger partial charge in [-0.15, -0.1) is 8.78 Å². The van der Waals surface area contributed by atoms with Crippen molar-refractivity contribution in [3.8, 4) is 11.5 Å². The van der Waals surface area contributed by atoms with Gasteiger partial charge in [-0.2, -0.15) is 5.10 Å². The molecule has 0 radical (unpaired) electrons. The molecule has 7 heteroatoms. The number of hydrogen-bond donors (Lipinski definition) is 1. The second kappa shape index (κ2) is 4.36. The lowest BCUT2D eigenvalue weighted by atomic mass is 10.2. The molecule has 0 saturated heterocycles. The van der Waals surface area contributed by atoms with Crippen molar-refractivity contribution in [1.29, 1.82) is 0 Å². The number of rotatable bonds is 3. The molecule has 1 N–H and O–H groups in total. The molecule has 1 unspecified atom stereocenters. The molecule has 1 aliphatic heterocycles. The Morgan fingerprint density at radius 3 is 2.75 bits per heavy atom. The quantitative estimate of drug-likeness (QED) is 0.939. The molecular formula is C13H13F2N3O2. The van der Waals surface area contributed by atoms with Gasteiger partial charge < -0.3 is 14.8 Å². The maximum atomic E-state index is 12.9. The molecule has 0 spiro atoms. The molecule has 106 valence electrons. The third-order valence-corrected chi connectivity index (χ3v) is 3.01. The molecule has 0 amide bonds. The zero-order chi connectivity index (χ0) is 14.3. The number of hydrogen-bond acceptors (Lipinski definition) is 4. The number of anilines is 1. The van der Waals surface area contributed by atoms with Crippen molar-refractivity contribution in [2.45, 2.75) is 19.3 Å². The fraction of sp³-hybridized carbons (Fsp3) is 0.308. The van der Waals surface area contributed by atoms with Crippen molar-refractivity contribution in [3.05, 3.63) is 36.2 Å². The molecule has 0 aliphatic carbocycles. The zero-order valence-corrected chi connectivity index (χ0v) is 10.9. The second-order valence-corrected chi connectivity index (χ2v) is 4.64. The number of alkyl halides is 2. The molecule has 1 aromatic heterocycles. The molecular weight excluding hydrogens is 268 g/mol. The van der Waals surface area contributed by atoms with Gasteiger partial charge in [-0.3, -0.25) is 4.68 Å². The van der Waals surface area contributed by atoms with Gasteiger partial charge in [-0.05, 0) is 19.1 Å². The number of nitrogens with one attached hydrogen (secondary N) is 1. The molecule has 5 nitrogen and oxygen atoms in total. The monoisotopic (exact) mass is 281 g/mol. The minimum Gasteiger partial charge on any atom is -0.395 e. The van der Waals surface area contributed by atoms with Gasteiger partial charge in [0.05, 0.1) is 12.2 Å². The van der Waals surface area contributed by atoms with Crippen molar-refractivity contribution >= 4 is 5.69 Å². The Labute approximate surface area is 114 Å². The maximum Gasteiger partial charge on any atom is 0.586 e. The highest BCUT2D eigenvalue weighted by Gasteiger charge is 2.43. The Balaban J connectivity index is 1.76. The average molecular weight is 281 g/mol. The van der Waals surface area contributed by atoms with Gasteiger partial charge in [-0.1, -0.05) is 0 Å². The van der Waals surface area contributed by atoms with E-state index in [0.29, 0.717) is 5.69 Å². The number of aryl methyl sites for hydroxylation is 1. The summed E-state index contributed by atoms with van der Waals surface area (Å²) in [6, 6.07) is 4.60. The number of fused-ring (bicyclic) bond motifs is 1. The zero-order valence-electron chi connectivity index (χ0n) is 10.9. The molecule has 1 aromatic carbocycles. The summed E-state index contributed by atoms with van der Waals surface area (Å²) in [7, 11) is 1.83. The Hall–Kier alpha value is -2.31. The predicted octanol–water partition coefficient (Wildman–Crippen LogP) is 2.91. The first-order chi connectivity index (χ1) is 9.43. The topological polar surface area (TPSA) is 48.3 Å². The van der Waals surface area contributed by atoms with E-state index in [9.17, 15) is 8.78 Å². The maximum absolute atomic E-state index is 12.9. The fourth-order valence-corrected chi connectivity index (χ4v) is 2.04. The lowest BCUT2D eigenvalue weighted by Gasteiger charge is -2.13. The molecule has 0 fully saturated rings. The predicted molar refractivity (Wildman–Crippen MR) is 67.9 cm³/mol. The Bertz CT molecular complexity index is 642. The van der Waals surface area contributed by atoms with Crippen molar-refractivity contribution < 1.29 is 18.3 Å². The Morgan fingerprint density at radius 1 is 1.30 bits per heavy atom. The van der Waals surface area contributed by atoms with Crippen LogP contribution < -0.4 is 14.8 Å². The number of benzene rings is 1. The molecule has 1 aliphatic rings. The van der Waals surface area contributed by atoms with Crippen molar-refractivity contribution in [1.82, 2.24) is 9.78 Å². The van der Waals surface area contributed by atoms with Crippen molar-refractivity contribution in [2.24, 2.45) is 7.05 Å². The van der Waals surface area contributed by atoms with Crippen LogP contribution in [0.1, 0.15) is 18.5 Å². The fourth-order valence-electron chi connectivity index (χ4n) is 2.04. The minimum atomic E-state index is -3.59. The number of ether oxygens (including phenoxy) is 2. The van der Waals surface area contributed by atoms with Crippen LogP contribution in [0.2, 0.25) is 0 Å². The summed E-state index contributed by atoms with van der Waals surface area (Å²) >= 11 is 0. The third-order valence-electron chi connectivity index (χ3n) is 3.01. The van der Waals surface area contributed by atoms with Crippen molar-refractivity contribution in [3.63, 3.8) is 0 Å². The molecule has 20 heavy (non-hydrogen) atoms. The lowest BCUT2D eigenvalue weighted by Crippen LogP contribution is -2.25. The van der Waals surface area contributed by atoms with Crippen LogP contribution in [0.4, 0.5) is 14.5 Å². The van der Waals surface area contributed by atoms with Gasteiger partial charge in [0.15, 0.2) is 11.5 Å². The Kier molecular flexibility index (Phi) is 2.77. The first-order valence-electron chi connectivity index (χ1n) is 6.08. The average Bonchev–Trinajstić information content (AvgIpc) is 2.90. The van der Waals surface area contributed by atoms with E-state index >= 15 is 0 Å². The summed E-state index contributed by atoms with van der Waals surface area (Å²) in [5.74, 6) is 0.0629. The smallest absolute Gasteiger partial charge is 0.395 e.